The summed E-state index contributed by atoms with van der Waals surface area (Å²) in [6.07, 6.45) is 4.22. The molecule has 2 atom stereocenters. The number of ether oxygens (including phenoxy) is 1. The third-order valence-electron chi connectivity index (χ3n) is 3.42. The Labute approximate surface area is 123 Å². The van der Waals surface area contributed by atoms with Crippen LogP contribution in [0, 0.1) is 5.92 Å². The summed E-state index contributed by atoms with van der Waals surface area (Å²) in [5.74, 6) is 0.296. The van der Waals surface area contributed by atoms with E-state index >= 15 is 0 Å². The zero-order valence-corrected chi connectivity index (χ0v) is 13.0. The number of primary sulfonamides is 1. The number of rotatable bonds is 4. The minimum absolute atomic E-state index is 0.00363. The van der Waals surface area contributed by atoms with Crippen molar-refractivity contribution in [3.8, 4) is 0 Å². The van der Waals surface area contributed by atoms with Crippen LogP contribution in [0.4, 0.5) is 0 Å². The average Bonchev–Trinajstić information content (AvgIpc) is 2.76. The van der Waals surface area contributed by atoms with Gasteiger partial charge < -0.3 is 4.74 Å². The Morgan fingerprint density at radius 1 is 1.45 bits per heavy atom. The van der Waals surface area contributed by atoms with Crippen molar-refractivity contribution in [2.24, 2.45) is 11.1 Å². The highest BCUT2D eigenvalue weighted by molar-refractivity contribution is 7.91. The molecular formula is C13H19NO4S2. The number of carbonyl (C=O) groups is 1. The van der Waals surface area contributed by atoms with Gasteiger partial charge in [0.05, 0.1) is 6.42 Å². The van der Waals surface area contributed by atoms with Crippen molar-refractivity contribution in [1.29, 1.82) is 0 Å². The highest BCUT2D eigenvalue weighted by Crippen LogP contribution is 2.26. The number of esters is 1. The maximum atomic E-state index is 11.9. The molecule has 1 saturated carbocycles. The summed E-state index contributed by atoms with van der Waals surface area (Å²) >= 11 is 1.02. The lowest BCUT2D eigenvalue weighted by atomic mass is 9.89. The molecule has 20 heavy (non-hydrogen) atoms. The monoisotopic (exact) mass is 317 g/mol. The van der Waals surface area contributed by atoms with Crippen LogP contribution >= 0.6 is 11.3 Å². The van der Waals surface area contributed by atoms with Crippen LogP contribution in [-0.4, -0.2) is 20.5 Å². The van der Waals surface area contributed by atoms with Gasteiger partial charge in [0.15, 0.2) is 0 Å². The molecule has 1 aromatic rings. The summed E-state index contributed by atoms with van der Waals surface area (Å²) in [7, 11) is -3.69. The van der Waals surface area contributed by atoms with E-state index in [2.05, 4.69) is 6.92 Å². The van der Waals surface area contributed by atoms with Crippen molar-refractivity contribution in [2.45, 2.75) is 49.3 Å². The molecule has 0 bridgehead atoms. The fourth-order valence-corrected chi connectivity index (χ4v) is 4.23. The fourth-order valence-electron chi connectivity index (χ4n) is 2.46. The highest BCUT2D eigenvalue weighted by Gasteiger charge is 2.22. The quantitative estimate of drug-likeness (QED) is 0.861. The van der Waals surface area contributed by atoms with E-state index in [1.165, 1.54) is 12.5 Å². The van der Waals surface area contributed by atoms with E-state index in [-0.39, 0.29) is 22.7 Å². The number of thiophene rings is 1. The molecule has 0 aliphatic heterocycles. The summed E-state index contributed by atoms with van der Waals surface area (Å²) in [6.45, 7) is 2.16. The van der Waals surface area contributed by atoms with Gasteiger partial charge in [0, 0.05) is 4.88 Å². The zero-order chi connectivity index (χ0) is 14.8. The van der Waals surface area contributed by atoms with Crippen LogP contribution in [0.5, 0.6) is 0 Å². The van der Waals surface area contributed by atoms with E-state index in [1.54, 1.807) is 6.07 Å². The molecule has 2 rings (SSSR count). The van der Waals surface area contributed by atoms with Gasteiger partial charge in [-0.2, -0.15) is 0 Å². The molecule has 2 N–H and O–H groups in total. The van der Waals surface area contributed by atoms with Gasteiger partial charge in [0.2, 0.25) is 10.0 Å². The van der Waals surface area contributed by atoms with E-state index in [1.807, 2.05) is 0 Å². The van der Waals surface area contributed by atoms with E-state index < -0.39 is 10.0 Å². The standard InChI is InChI=1S/C13H19NO4S2/c1-9-3-2-4-10(7-9)18-12(15)8-11-5-6-13(19-11)20(14,16)17/h5-6,9-10H,2-4,7-8H2,1H3,(H2,14,16,17). The Balaban J connectivity index is 1.90. The van der Waals surface area contributed by atoms with Gasteiger partial charge in [0.1, 0.15) is 10.3 Å². The first-order chi connectivity index (χ1) is 9.34. The van der Waals surface area contributed by atoms with E-state index in [9.17, 15) is 13.2 Å². The van der Waals surface area contributed by atoms with E-state index in [0.29, 0.717) is 10.8 Å². The minimum Gasteiger partial charge on any atom is -0.462 e. The number of hydrogen-bond acceptors (Lipinski definition) is 5. The number of carbonyl (C=O) groups excluding carboxylic acids is 1. The lowest BCUT2D eigenvalue weighted by Gasteiger charge is -2.26. The van der Waals surface area contributed by atoms with Crippen LogP contribution in [0.1, 0.15) is 37.5 Å². The molecule has 1 aliphatic rings. The Morgan fingerprint density at radius 2 is 2.20 bits per heavy atom. The first-order valence-electron chi connectivity index (χ1n) is 6.65. The van der Waals surface area contributed by atoms with Gasteiger partial charge in [-0.25, -0.2) is 13.6 Å². The maximum Gasteiger partial charge on any atom is 0.311 e. The van der Waals surface area contributed by atoms with Crippen LogP contribution in [0.3, 0.4) is 0 Å². The second-order valence-electron chi connectivity index (χ2n) is 5.33. The van der Waals surface area contributed by atoms with E-state index in [4.69, 9.17) is 9.88 Å². The van der Waals surface area contributed by atoms with Gasteiger partial charge in [0.25, 0.3) is 0 Å². The molecule has 2 unspecified atom stereocenters. The normalized spacial score (nSPS) is 23.5. The Kier molecular flexibility index (Phi) is 4.82. The Hall–Kier alpha value is -0.920. The summed E-state index contributed by atoms with van der Waals surface area (Å²) < 4.78 is 27.8. The number of nitrogens with two attached hydrogens (primary N) is 1. The maximum absolute atomic E-state index is 11.9. The van der Waals surface area contributed by atoms with Crippen LogP contribution in [-0.2, 0) is 26.0 Å². The summed E-state index contributed by atoms with van der Waals surface area (Å²) in [4.78, 5) is 12.5. The molecule has 0 aromatic carbocycles. The number of hydrogen-bond donors (Lipinski definition) is 1. The van der Waals surface area contributed by atoms with Gasteiger partial charge in [-0.05, 0) is 37.3 Å². The Bertz CT molecular complexity index is 579. The SMILES string of the molecule is CC1CCCC(OC(=O)Cc2ccc(S(N)(=O)=O)s2)C1. The molecule has 0 radical (unpaired) electrons. The predicted molar refractivity (Wildman–Crippen MR) is 76.9 cm³/mol. The molecule has 0 saturated heterocycles. The van der Waals surface area contributed by atoms with Crippen molar-refractivity contribution in [3.63, 3.8) is 0 Å². The lowest BCUT2D eigenvalue weighted by Crippen LogP contribution is -2.25. The molecule has 7 heteroatoms. The third kappa shape index (κ3) is 4.29. The largest absolute Gasteiger partial charge is 0.462 e. The fraction of sp³-hybridized carbons (Fsp3) is 0.615. The molecule has 1 aliphatic carbocycles. The third-order valence-corrected chi connectivity index (χ3v) is 5.95. The minimum atomic E-state index is -3.69. The summed E-state index contributed by atoms with van der Waals surface area (Å²) in [5.41, 5.74) is 0. The summed E-state index contributed by atoms with van der Waals surface area (Å²) in [5, 5.41) is 5.03. The van der Waals surface area contributed by atoms with Gasteiger partial charge in [-0.15, -0.1) is 11.3 Å². The first kappa shape index (κ1) is 15.5. The van der Waals surface area contributed by atoms with Gasteiger partial charge in [-0.3, -0.25) is 4.79 Å². The van der Waals surface area contributed by atoms with Gasteiger partial charge in [-0.1, -0.05) is 13.3 Å². The van der Waals surface area contributed by atoms with Crippen molar-refractivity contribution < 1.29 is 17.9 Å². The van der Waals surface area contributed by atoms with Crippen LogP contribution in [0.15, 0.2) is 16.3 Å². The van der Waals surface area contributed by atoms with Crippen molar-refractivity contribution in [3.05, 3.63) is 17.0 Å². The van der Waals surface area contributed by atoms with Crippen LogP contribution < -0.4 is 5.14 Å². The second kappa shape index (κ2) is 6.24. The molecule has 0 amide bonds. The second-order valence-corrected chi connectivity index (χ2v) is 8.28. The smallest absolute Gasteiger partial charge is 0.311 e. The van der Waals surface area contributed by atoms with E-state index in [0.717, 1.165) is 30.6 Å². The van der Waals surface area contributed by atoms with Crippen molar-refractivity contribution in [2.75, 3.05) is 0 Å². The highest BCUT2D eigenvalue weighted by atomic mass is 32.2. The summed E-state index contributed by atoms with van der Waals surface area (Å²) in [6, 6.07) is 3.03. The van der Waals surface area contributed by atoms with Crippen molar-refractivity contribution in [1.82, 2.24) is 0 Å². The average molecular weight is 317 g/mol. The molecule has 0 spiro atoms. The molecule has 112 valence electrons. The molecule has 1 fully saturated rings. The van der Waals surface area contributed by atoms with Crippen LogP contribution in [0.25, 0.3) is 0 Å². The number of sulfonamides is 1. The molecule has 1 heterocycles. The lowest BCUT2D eigenvalue weighted by molar-refractivity contribution is -0.150. The van der Waals surface area contributed by atoms with Crippen LogP contribution in [0.2, 0.25) is 0 Å². The molecule has 1 aromatic heterocycles. The zero-order valence-electron chi connectivity index (χ0n) is 11.4. The molecule has 5 nitrogen and oxygen atoms in total. The predicted octanol–water partition coefficient (Wildman–Crippen LogP) is 2.06. The first-order valence-corrected chi connectivity index (χ1v) is 9.02. The molecular weight excluding hydrogens is 298 g/mol. The Morgan fingerprint density at radius 3 is 2.80 bits per heavy atom. The van der Waals surface area contributed by atoms with Gasteiger partial charge >= 0.3 is 5.97 Å². The van der Waals surface area contributed by atoms with Crippen molar-refractivity contribution >= 4 is 27.3 Å². The topological polar surface area (TPSA) is 86.5 Å².